The largest absolute Gasteiger partial charge is 0.326 e. The van der Waals surface area contributed by atoms with Gasteiger partial charge in [-0.05, 0) is 31.1 Å². The monoisotopic (exact) mass is 245 g/mol. The standard InChI is InChI=1S/C12H23NO2S/c1-12(2)8-7-10(11(12)13)16(14,15)9-5-3-4-6-9/h9-11H,3-8,13H2,1-2H3. The van der Waals surface area contributed by atoms with Crippen molar-refractivity contribution in [2.75, 3.05) is 0 Å². The van der Waals surface area contributed by atoms with Gasteiger partial charge >= 0.3 is 0 Å². The van der Waals surface area contributed by atoms with Gasteiger partial charge in [0.25, 0.3) is 0 Å². The molecule has 0 bridgehead atoms. The summed E-state index contributed by atoms with van der Waals surface area (Å²) in [6.45, 7) is 4.17. The summed E-state index contributed by atoms with van der Waals surface area (Å²) in [4.78, 5) is 0. The predicted octanol–water partition coefficient (Wildman–Crippen LogP) is 1.86. The van der Waals surface area contributed by atoms with Crippen molar-refractivity contribution in [2.24, 2.45) is 11.1 Å². The van der Waals surface area contributed by atoms with Crippen molar-refractivity contribution in [3.8, 4) is 0 Å². The molecule has 2 N–H and O–H groups in total. The third kappa shape index (κ3) is 1.90. The Morgan fingerprint density at radius 3 is 2.12 bits per heavy atom. The van der Waals surface area contributed by atoms with Crippen LogP contribution in [0.1, 0.15) is 52.4 Å². The molecule has 0 aromatic rings. The van der Waals surface area contributed by atoms with Gasteiger partial charge in [-0.3, -0.25) is 0 Å². The van der Waals surface area contributed by atoms with Gasteiger partial charge in [0.2, 0.25) is 0 Å². The fourth-order valence-corrected chi connectivity index (χ4v) is 5.90. The molecule has 94 valence electrons. The summed E-state index contributed by atoms with van der Waals surface area (Å²) in [6, 6.07) is -0.182. The van der Waals surface area contributed by atoms with Crippen LogP contribution >= 0.6 is 0 Å². The number of hydrogen-bond donors (Lipinski definition) is 1. The van der Waals surface area contributed by atoms with Crippen LogP contribution in [0.2, 0.25) is 0 Å². The maximum Gasteiger partial charge on any atom is 0.157 e. The molecule has 2 atom stereocenters. The lowest BCUT2D eigenvalue weighted by Crippen LogP contribution is -2.46. The van der Waals surface area contributed by atoms with Crippen LogP contribution < -0.4 is 5.73 Å². The number of nitrogens with two attached hydrogens (primary N) is 1. The molecule has 0 aliphatic heterocycles. The fraction of sp³-hybridized carbons (Fsp3) is 1.00. The van der Waals surface area contributed by atoms with Gasteiger partial charge in [-0.25, -0.2) is 8.42 Å². The molecule has 2 fully saturated rings. The van der Waals surface area contributed by atoms with Crippen molar-refractivity contribution in [1.29, 1.82) is 0 Å². The molecule has 2 aliphatic rings. The first-order valence-electron chi connectivity index (χ1n) is 6.34. The Bertz CT molecular complexity index is 355. The molecule has 2 saturated carbocycles. The Hall–Kier alpha value is -0.0900. The van der Waals surface area contributed by atoms with Crippen LogP contribution in [-0.2, 0) is 9.84 Å². The zero-order chi connectivity index (χ0) is 12.0. The van der Waals surface area contributed by atoms with Gasteiger partial charge in [-0.1, -0.05) is 26.7 Å². The summed E-state index contributed by atoms with van der Waals surface area (Å²) in [6.07, 6.45) is 5.53. The van der Waals surface area contributed by atoms with Crippen molar-refractivity contribution in [3.05, 3.63) is 0 Å². The van der Waals surface area contributed by atoms with Gasteiger partial charge in [-0.15, -0.1) is 0 Å². The summed E-state index contributed by atoms with van der Waals surface area (Å²) >= 11 is 0. The maximum atomic E-state index is 12.5. The van der Waals surface area contributed by atoms with Crippen molar-refractivity contribution in [1.82, 2.24) is 0 Å². The van der Waals surface area contributed by atoms with Crippen molar-refractivity contribution in [2.45, 2.75) is 68.9 Å². The molecular weight excluding hydrogens is 222 g/mol. The highest BCUT2D eigenvalue weighted by Gasteiger charge is 2.48. The zero-order valence-electron chi connectivity index (χ0n) is 10.3. The van der Waals surface area contributed by atoms with Crippen LogP contribution in [0, 0.1) is 5.41 Å². The first-order chi connectivity index (χ1) is 7.36. The minimum atomic E-state index is -2.98. The highest BCUT2D eigenvalue weighted by atomic mass is 32.2. The average Bonchev–Trinajstić information content (AvgIpc) is 2.76. The van der Waals surface area contributed by atoms with Crippen molar-refractivity contribution >= 4 is 9.84 Å². The Morgan fingerprint density at radius 2 is 1.69 bits per heavy atom. The van der Waals surface area contributed by atoms with Crippen LogP contribution in [0.25, 0.3) is 0 Å². The fourth-order valence-electron chi connectivity index (χ4n) is 3.20. The smallest absolute Gasteiger partial charge is 0.157 e. The molecule has 4 heteroatoms. The normalized spacial score (nSPS) is 35.7. The Kier molecular flexibility index (Phi) is 3.08. The van der Waals surface area contributed by atoms with E-state index >= 15 is 0 Å². The van der Waals surface area contributed by atoms with Crippen LogP contribution in [0.3, 0.4) is 0 Å². The second kappa shape index (κ2) is 3.98. The topological polar surface area (TPSA) is 60.2 Å². The highest BCUT2D eigenvalue weighted by molar-refractivity contribution is 7.92. The summed E-state index contributed by atoms with van der Waals surface area (Å²) in [7, 11) is -2.98. The zero-order valence-corrected chi connectivity index (χ0v) is 11.1. The second-order valence-electron chi connectivity index (χ2n) is 6.09. The SMILES string of the molecule is CC1(C)CCC(S(=O)(=O)C2CCCC2)C1N. The van der Waals surface area contributed by atoms with E-state index in [4.69, 9.17) is 5.73 Å². The van der Waals surface area contributed by atoms with E-state index in [0.29, 0.717) is 0 Å². The quantitative estimate of drug-likeness (QED) is 0.808. The summed E-state index contributed by atoms with van der Waals surface area (Å²) < 4.78 is 24.9. The van der Waals surface area contributed by atoms with E-state index in [1.54, 1.807) is 0 Å². The molecule has 0 heterocycles. The minimum absolute atomic E-state index is 0.0175. The van der Waals surface area contributed by atoms with Gasteiger partial charge in [0.05, 0.1) is 10.5 Å². The summed E-state index contributed by atoms with van der Waals surface area (Å²) in [5.41, 5.74) is 6.11. The van der Waals surface area contributed by atoms with Crippen LogP contribution in [-0.4, -0.2) is 25.0 Å². The van der Waals surface area contributed by atoms with Gasteiger partial charge in [0.15, 0.2) is 9.84 Å². The van der Waals surface area contributed by atoms with Crippen LogP contribution in [0.4, 0.5) is 0 Å². The molecule has 2 unspecified atom stereocenters. The van der Waals surface area contributed by atoms with Crippen molar-refractivity contribution < 1.29 is 8.42 Å². The third-order valence-corrected chi connectivity index (χ3v) is 7.34. The molecule has 0 aromatic heterocycles. The molecule has 2 aliphatic carbocycles. The lowest BCUT2D eigenvalue weighted by molar-refractivity contribution is 0.332. The Balaban J connectivity index is 2.19. The molecule has 2 rings (SSSR count). The summed E-state index contributed by atoms with van der Waals surface area (Å²) in [5, 5.41) is -0.386. The number of rotatable bonds is 2. The molecule has 0 spiro atoms. The molecule has 3 nitrogen and oxygen atoms in total. The number of hydrogen-bond acceptors (Lipinski definition) is 3. The molecular formula is C12H23NO2S. The van der Waals surface area contributed by atoms with E-state index in [9.17, 15) is 8.42 Å². The Morgan fingerprint density at radius 1 is 1.12 bits per heavy atom. The molecule has 0 radical (unpaired) electrons. The molecule has 0 amide bonds. The van der Waals surface area contributed by atoms with Crippen LogP contribution in [0.15, 0.2) is 0 Å². The third-order valence-electron chi connectivity index (χ3n) is 4.56. The first-order valence-corrected chi connectivity index (χ1v) is 7.95. The number of sulfone groups is 1. The van der Waals surface area contributed by atoms with Gasteiger partial charge in [0, 0.05) is 6.04 Å². The van der Waals surface area contributed by atoms with E-state index in [-0.39, 0.29) is 22.0 Å². The molecule has 16 heavy (non-hydrogen) atoms. The summed E-state index contributed by atoms with van der Waals surface area (Å²) in [5.74, 6) is 0. The average molecular weight is 245 g/mol. The van der Waals surface area contributed by atoms with Gasteiger partial charge in [0.1, 0.15) is 0 Å². The van der Waals surface area contributed by atoms with Crippen molar-refractivity contribution in [3.63, 3.8) is 0 Å². The van der Waals surface area contributed by atoms with Crippen LogP contribution in [0.5, 0.6) is 0 Å². The van der Waals surface area contributed by atoms with E-state index in [2.05, 4.69) is 13.8 Å². The maximum absolute atomic E-state index is 12.5. The second-order valence-corrected chi connectivity index (χ2v) is 8.54. The van der Waals surface area contributed by atoms with E-state index < -0.39 is 9.84 Å². The highest BCUT2D eigenvalue weighted by Crippen LogP contribution is 2.42. The Labute approximate surface area is 98.7 Å². The van der Waals surface area contributed by atoms with E-state index in [1.165, 1.54) is 0 Å². The molecule has 0 aromatic carbocycles. The molecule has 0 saturated heterocycles. The lowest BCUT2D eigenvalue weighted by Gasteiger charge is -2.28. The predicted molar refractivity (Wildman–Crippen MR) is 66.0 cm³/mol. The first kappa shape index (κ1) is 12.4. The minimum Gasteiger partial charge on any atom is -0.326 e. The lowest BCUT2D eigenvalue weighted by atomic mass is 9.88. The van der Waals surface area contributed by atoms with Gasteiger partial charge in [-0.2, -0.15) is 0 Å². The van der Waals surface area contributed by atoms with E-state index in [0.717, 1.165) is 38.5 Å². The van der Waals surface area contributed by atoms with E-state index in [1.807, 2.05) is 0 Å². The van der Waals surface area contributed by atoms with Gasteiger partial charge < -0.3 is 5.73 Å².